The zero-order valence-corrected chi connectivity index (χ0v) is 19.8. The first kappa shape index (κ1) is 24.0. The van der Waals surface area contributed by atoms with Crippen molar-refractivity contribution in [2.45, 2.75) is 70.3 Å². The molecular weight excluding hydrogens is 471 g/mol. The zero-order chi connectivity index (χ0) is 24.7. The minimum Gasteiger partial charge on any atom is -0.444 e. The molecule has 0 unspecified atom stereocenters. The summed E-state index contributed by atoms with van der Waals surface area (Å²) in [4.78, 5) is 20.5. The first-order valence-electron chi connectivity index (χ1n) is 10.8. The summed E-state index contributed by atoms with van der Waals surface area (Å²) in [5.41, 5.74) is 4.48. The molecule has 0 radical (unpaired) electrons. The van der Waals surface area contributed by atoms with Crippen molar-refractivity contribution in [1.82, 2.24) is 24.9 Å². The monoisotopic (exact) mass is 497 g/mol. The molecule has 0 bridgehead atoms. The van der Waals surface area contributed by atoms with Crippen molar-refractivity contribution in [2.24, 2.45) is 0 Å². The summed E-state index contributed by atoms with van der Waals surface area (Å²) in [5.74, 6) is -0.575. The van der Waals surface area contributed by atoms with Gasteiger partial charge in [0.1, 0.15) is 11.4 Å². The lowest BCUT2D eigenvalue weighted by Gasteiger charge is -2.30. The Balaban J connectivity index is 1.41. The molecule has 34 heavy (non-hydrogen) atoms. The smallest absolute Gasteiger partial charge is 0.419 e. The summed E-state index contributed by atoms with van der Waals surface area (Å²) in [7, 11) is 0. The van der Waals surface area contributed by atoms with Crippen LogP contribution in [0.3, 0.4) is 0 Å². The average molecular weight is 498 g/mol. The van der Waals surface area contributed by atoms with Crippen molar-refractivity contribution in [3.05, 3.63) is 24.0 Å². The Labute approximate surface area is 197 Å². The Bertz CT molecular complexity index is 1180. The van der Waals surface area contributed by atoms with Crippen LogP contribution in [0, 0.1) is 0 Å². The van der Waals surface area contributed by atoms with Crippen LogP contribution in [0.2, 0.25) is 0 Å². The van der Waals surface area contributed by atoms with E-state index in [2.05, 4.69) is 25.7 Å². The number of hydrogen-bond donors (Lipinski definition) is 3. The van der Waals surface area contributed by atoms with E-state index in [0.717, 1.165) is 31.7 Å². The molecule has 9 nitrogen and oxygen atoms in total. The summed E-state index contributed by atoms with van der Waals surface area (Å²) in [5, 5.41) is 11.4. The molecule has 0 aliphatic heterocycles. The van der Waals surface area contributed by atoms with E-state index in [-0.39, 0.29) is 17.6 Å². The molecule has 1 amide bonds. The Morgan fingerprint density at radius 2 is 1.82 bits per heavy atom. The van der Waals surface area contributed by atoms with Gasteiger partial charge in [-0.2, -0.15) is 13.2 Å². The van der Waals surface area contributed by atoms with Crippen molar-refractivity contribution in [2.75, 3.05) is 11.1 Å². The molecule has 3 heterocycles. The van der Waals surface area contributed by atoms with Crippen LogP contribution in [0.1, 0.15) is 52.0 Å². The number of pyridine rings is 1. The number of alkyl carbamates (subject to hydrolysis) is 1. The molecular formula is C21H26F3N7O2S. The number of ether oxygens (including phenoxy) is 1. The van der Waals surface area contributed by atoms with Crippen LogP contribution in [0.5, 0.6) is 0 Å². The topological polar surface area (TPSA) is 119 Å². The van der Waals surface area contributed by atoms with E-state index in [4.69, 9.17) is 10.5 Å². The Morgan fingerprint density at radius 1 is 1.15 bits per heavy atom. The van der Waals surface area contributed by atoms with Crippen molar-refractivity contribution in [3.8, 4) is 11.3 Å². The van der Waals surface area contributed by atoms with E-state index in [9.17, 15) is 18.0 Å². The number of anilines is 2. The fraction of sp³-hybridized carbons (Fsp3) is 0.524. The summed E-state index contributed by atoms with van der Waals surface area (Å²) in [6.45, 7) is 5.47. The van der Waals surface area contributed by atoms with Crippen LogP contribution in [-0.2, 0) is 10.9 Å². The van der Waals surface area contributed by atoms with Gasteiger partial charge >= 0.3 is 12.3 Å². The third-order valence-corrected chi connectivity index (χ3v) is 6.23. The number of imidazole rings is 1. The van der Waals surface area contributed by atoms with Crippen molar-refractivity contribution < 1.29 is 22.7 Å². The number of halogens is 3. The lowest BCUT2D eigenvalue weighted by atomic mass is 9.91. The number of nitrogens with zero attached hydrogens (tertiary/aromatic N) is 4. The standard InChI is InChI=1S/C21H26F3N7O2S/c1-20(2,3)33-19(32)29-13-6-4-12(5-7-13)28-17-30-31-15(10-27-18(31)34-17)11-8-14(21(22,23)24)16(25)26-9-11/h8-10,12-13H,4-7H2,1-3H3,(H2,25,26)(H,28,30)(H,29,32). The van der Waals surface area contributed by atoms with Crippen LogP contribution < -0.4 is 16.4 Å². The highest BCUT2D eigenvalue weighted by atomic mass is 32.1. The maximum Gasteiger partial charge on any atom is 0.419 e. The van der Waals surface area contributed by atoms with Gasteiger partial charge in [-0.1, -0.05) is 11.3 Å². The molecule has 4 N–H and O–H groups in total. The van der Waals surface area contributed by atoms with Crippen LogP contribution in [0.4, 0.5) is 28.9 Å². The lowest BCUT2D eigenvalue weighted by Crippen LogP contribution is -2.42. The average Bonchev–Trinajstić information content (AvgIpc) is 3.28. The van der Waals surface area contributed by atoms with Gasteiger partial charge in [0.2, 0.25) is 10.1 Å². The molecule has 184 valence electrons. The molecule has 1 aliphatic carbocycles. The van der Waals surface area contributed by atoms with E-state index in [1.807, 2.05) is 20.8 Å². The van der Waals surface area contributed by atoms with Crippen molar-refractivity contribution >= 4 is 33.3 Å². The summed E-state index contributed by atoms with van der Waals surface area (Å²) in [6.07, 6.45) is 0.955. The second-order valence-electron chi connectivity index (χ2n) is 9.24. The van der Waals surface area contributed by atoms with Crippen LogP contribution in [-0.4, -0.2) is 43.4 Å². The van der Waals surface area contributed by atoms with Crippen LogP contribution >= 0.6 is 11.3 Å². The largest absolute Gasteiger partial charge is 0.444 e. The minimum atomic E-state index is -4.61. The van der Waals surface area contributed by atoms with Crippen LogP contribution in [0.15, 0.2) is 18.5 Å². The van der Waals surface area contributed by atoms with E-state index in [0.29, 0.717) is 15.8 Å². The first-order valence-corrected chi connectivity index (χ1v) is 11.6. The minimum absolute atomic E-state index is 0.0500. The highest BCUT2D eigenvalue weighted by Crippen LogP contribution is 2.36. The predicted molar refractivity (Wildman–Crippen MR) is 123 cm³/mol. The zero-order valence-electron chi connectivity index (χ0n) is 18.9. The third kappa shape index (κ3) is 5.51. The van der Waals surface area contributed by atoms with Gasteiger partial charge in [-0.05, 0) is 52.5 Å². The number of nitrogen functional groups attached to an aromatic ring is 1. The number of nitrogens with one attached hydrogen (secondary N) is 2. The molecule has 1 aliphatic rings. The molecule has 0 spiro atoms. The molecule has 0 saturated heterocycles. The molecule has 13 heteroatoms. The number of fused-ring (bicyclic) bond motifs is 1. The first-order chi connectivity index (χ1) is 15.9. The number of carbonyl (C=O) groups excluding carboxylic acids is 1. The fourth-order valence-electron chi connectivity index (χ4n) is 3.82. The maximum atomic E-state index is 13.2. The molecule has 0 atom stereocenters. The Kier molecular flexibility index (Phi) is 6.32. The SMILES string of the molecule is CC(C)(C)OC(=O)NC1CCC(Nc2nn3c(-c4cnc(N)c(C(F)(F)F)c4)cnc3s2)CC1. The van der Waals surface area contributed by atoms with Crippen molar-refractivity contribution in [1.29, 1.82) is 0 Å². The van der Waals surface area contributed by atoms with E-state index in [1.165, 1.54) is 28.2 Å². The van der Waals surface area contributed by atoms with Gasteiger partial charge in [0.05, 0.1) is 17.5 Å². The fourth-order valence-corrected chi connectivity index (χ4v) is 4.67. The van der Waals surface area contributed by atoms with Gasteiger partial charge in [0, 0.05) is 23.8 Å². The molecule has 0 aromatic carbocycles. The summed E-state index contributed by atoms with van der Waals surface area (Å²) >= 11 is 1.31. The molecule has 1 saturated carbocycles. The highest BCUT2D eigenvalue weighted by Gasteiger charge is 2.34. The van der Waals surface area contributed by atoms with Crippen molar-refractivity contribution in [3.63, 3.8) is 0 Å². The Morgan fingerprint density at radius 3 is 2.47 bits per heavy atom. The molecule has 1 fully saturated rings. The number of carbonyl (C=O) groups is 1. The highest BCUT2D eigenvalue weighted by molar-refractivity contribution is 7.20. The number of nitrogens with two attached hydrogens (primary N) is 1. The number of hydrogen-bond acceptors (Lipinski definition) is 8. The van der Waals surface area contributed by atoms with E-state index >= 15 is 0 Å². The maximum absolute atomic E-state index is 13.2. The third-order valence-electron chi connectivity index (χ3n) is 5.38. The van der Waals surface area contributed by atoms with E-state index < -0.39 is 29.3 Å². The van der Waals surface area contributed by atoms with Gasteiger partial charge in [0.15, 0.2) is 0 Å². The lowest BCUT2D eigenvalue weighted by molar-refractivity contribution is -0.137. The van der Waals surface area contributed by atoms with Gasteiger partial charge in [-0.15, -0.1) is 5.10 Å². The second kappa shape index (κ2) is 8.93. The van der Waals surface area contributed by atoms with Crippen LogP contribution in [0.25, 0.3) is 16.2 Å². The molecule has 3 aromatic rings. The summed E-state index contributed by atoms with van der Waals surface area (Å²) in [6, 6.07) is 1.16. The van der Waals surface area contributed by atoms with Gasteiger partial charge in [0.25, 0.3) is 0 Å². The second-order valence-corrected chi connectivity index (χ2v) is 10.2. The van der Waals surface area contributed by atoms with Gasteiger partial charge in [-0.3, -0.25) is 0 Å². The quantitative estimate of drug-likeness (QED) is 0.478. The van der Waals surface area contributed by atoms with Gasteiger partial charge in [-0.25, -0.2) is 19.3 Å². The normalized spacial score (nSPS) is 19.2. The molecule has 4 rings (SSSR count). The molecule has 3 aromatic heterocycles. The number of alkyl halides is 3. The van der Waals surface area contributed by atoms with Gasteiger partial charge < -0.3 is 21.1 Å². The Hall–Kier alpha value is -3.09. The number of aromatic nitrogens is 4. The summed E-state index contributed by atoms with van der Waals surface area (Å²) < 4.78 is 46.5. The van der Waals surface area contributed by atoms with E-state index in [1.54, 1.807) is 0 Å². The number of rotatable bonds is 4. The number of amides is 1. The predicted octanol–water partition coefficient (Wildman–Crippen LogP) is 4.70.